The molecule has 0 radical (unpaired) electrons. The van der Waals surface area contributed by atoms with Gasteiger partial charge in [0.15, 0.2) is 0 Å². The first-order valence-corrected chi connectivity index (χ1v) is 5.44. The number of carbonyl (C=O) groups is 1. The lowest BCUT2D eigenvalue weighted by molar-refractivity contribution is -0.117. The van der Waals surface area contributed by atoms with Crippen LogP contribution in [0.5, 0.6) is 0 Å². The van der Waals surface area contributed by atoms with Crippen molar-refractivity contribution in [2.75, 3.05) is 11.1 Å². The van der Waals surface area contributed by atoms with Crippen molar-refractivity contribution in [2.24, 2.45) is 5.41 Å². The van der Waals surface area contributed by atoms with E-state index < -0.39 is 0 Å². The summed E-state index contributed by atoms with van der Waals surface area (Å²) >= 11 is 0. The fraction of sp³-hybridized carbons (Fsp3) is 0.462. The highest BCUT2D eigenvalue weighted by atomic mass is 16.1. The van der Waals surface area contributed by atoms with Crippen molar-refractivity contribution in [3.63, 3.8) is 0 Å². The smallest absolute Gasteiger partial charge is 0.224 e. The van der Waals surface area contributed by atoms with Crippen molar-refractivity contribution in [1.29, 1.82) is 0 Å². The second kappa shape index (κ2) is 4.56. The summed E-state index contributed by atoms with van der Waals surface area (Å²) in [5.74, 6) is 0.0289. The van der Waals surface area contributed by atoms with Gasteiger partial charge >= 0.3 is 0 Å². The molecule has 0 aromatic heterocycles. The molecule has 16 heavy (non-hydrogen) atoms. The van der Waals surface area contributed by atoms with Crippen LogP contribution in [-0.2, 0) is 4.79 Å². The van der Waals surface area contributed by atoms with E-state index in [1.807, 2.05) is 39.8 Å². The minimum atomic E-state index is -0.00167. The number of nitrogens with two attached hydrogens (primary N) is 1. The number of rotatable bonds is 2. The van der Waals surface area contributed by atoms with E-state index in [0.717, 1.165) is 11.3 Å². The molecule has 0 fully saturated rings. The van der Waals surface area contributed by atoms with Crippen LogP contribution in [0.2, 0.25) is 0 Å². The van der Waals surface area contributed by atoms with Crippen LogP contribution in [-0.4, -0.2) is 5.91 Å². The molecule has 1 aromatic carbocycles. The van der Waals surface area contributed by atoms with E-state index in [4.69, 9.17) is 5.73 Å². The summed E-state index contributed by atoms with van der Waals surface area (Å²) in [6.45, 7) is 8.07. The molecule has 3 heteroatoms. The number of carbonyl (C=O) groups excluding carboxylic acids is 1. The summed E-state index contributed by atoms with van der Waals surface area (Å²) in [4.78, 5) is 11.7. The zero-order valence-electron chi connectivity index (χ0n) is 10.4. The predicted octanol–water partition coefficient (Wildman–Crippen LogP) is 2.95. The SMILES string of the molecule is Cc1ccc(N)cc1NC(=O)CC(C)(C)C. The van der Waals surface area contributed by atoms with Gasteiger partial charge in [0.25, 0.3) is 0 Å². The highest BCUT2D eigenvalue weighted by Crippen LogP contribution is 2.22. The first-order valence-electron chi connectivity index (χ1n) is 5.44. The Labute approximate surface area is 97.0 Å². The average molecular weight is 220 g/mol. The van der Waals surface area contributed by atoms with E-state index in [1.54, 1.807) is 6.07 Å². The molecule has 0 heterocycles. The van der Waals surface area contributed by atoms with Gasteiger partial charge in [0.1, 0.15) is 0 Å². The maximum atomic E-state index is 11.7. The number of hydrogen-bond acceptors (Lipinski definition) is 2. The first-order chi connectivity index (χ1) is 7.28. The Kier molecular flexibility index (Phi) is 3.58. The van der Waals surface area contributed by atoms with Gasteiger partial charge in [-0.25, -0.2) is 0 Å². The summed E-state index contributed by atoms with van der Waals surface area (Å²) < 4.78 is 0. The predicted molar refractivity (Wildman–Crippen MR) is 68.3 cm³/mol. The van der Waals surface area contributed by atoms with Gasteiger partial charge < -0.3 is 11.1 Å². The molecule has 0 bridgehead atoms. The zero-order valence-corrected chi connectivity index (χ0v) is 10.4. The van der Waals surface area contributed by atoms with Gasteiger partial charge in [-0.05, 0) is 30.0 Å². The lowest BCUT2D eigenvalue weighted by atomic mass is 9.92. The molecular weight excluding hydrogens is 200 g/mol. The minimum Gasteiger partial charge on any atom is -0.399 e. The first kappa shape index (κ1) is 12.6. The molecule has 0 saturated carbocycles. The Morgan fingerprint density at radius 3 is 2.56 bits per heavy atom. The molecule has 3 N–H and O–H groups in total. The average Bonchev–Trinajstić information content (AvgIpc) is 2.08. The van der Waals surface area contributed by atoms with E-state index in [-0.39, 0.29) is 11.3 Å². The fourth-order valence-electron chi connectivity index (χ4n) is 1.45. The maximum absolute atomic E-state index is 11.7. The topological polar surface area (TPSA) is 55.1 Å². The monoisotopic (exact) mass is 220 g/mol. The van der Waals surface area contributed by atoms with E-state index >= 15 is 0 Å². The van der Waals surface area contributed by atoms with Gasteiger partial charge in [0.05, 0.1) is 0 Å². The number of benzene rings is 1. The molecular formula is C13H20N2O. The quantitative estimate of drug-likeness (QED) is 0.753. The Morgan fingerprint density at radius 2 is 2.00 bits per heavy atom. The van der Waals surface area contributed by atoms with Crippen LogP contribution in [0.4, 0.5) is 11.4 Å². The molecule has 1 rings (SSSR count). The van der Waals surface area contributed by atoms with Gasteiger partial charge in [-0.3, -0.25) is 4.79 Å². The van der Waals surface area contributed by atoms with E-state index in [1.165, 1.54) is 0 Å². The molecule has 0 unspecified atom stereocenters. The third kappa shape index (κ3) is 3.93. The third-order valence-corrected chi connectivity index (χ3v) is 2.23. The van der Waals surface area contributed by atoms with Crippen LogP contribution in [0, 0.1) is 12.3 Å². The van der Waals surface area contributed by atoms with Gasteiger partial charge in [0, 0.05) is 17.8 Å². The van der Waals surface area contributed by atoms with Crippen LogP contribution in [0.1, 0.15) is 32.8 Å². The molecule has 1 aromatic rings. The number of nitrogen functional groups attached to an aromatic ring is 1. The van der Waals surface area contributed by atoms with E-state index in [9.17, 15) is 4.79 Å². The molecule has 1 amide bonds. The highest BCUT2D eigenvalue weighted by Gasteiger charge is 2.16. The van der Waals surface area contributed by atoms with Gasteiger partial charge in [-0.1, -0.05) is 26.8 Å². The molecule has 0 spiro atoms. The van der Waals surface area contributed by atoms with Crippen molar-refractivity contribution in [2.45, 2.75) is 34.1 Å². The van der Waals surface area contributed by atoms with Crippen molar-refractivity contribution in [1.82, 2.24) is 0 Å². The van der Waals surface area contributed by atoms with Crippen molar-refractivity contribution < 1.29 is 4.79 Å². The highest BCUT2D eigenvalue weighted by molar-refractivity contribution is 5.92. The van der Waals surface area contributed by atoms with Gasteiger partial charge in [-0.15, -0.1) is 0 Å². The largest absolute Gasteiger partial charge is 0.399 e. The van der Waals surface area contributed by atoms with Crippen molar-refractivity contribution in [3.05, 3.63) is 23.8 Å². The summed E-state index contributed by atoms with van der Waals surface area (Å²) in [6, 6.07) is 5.52. The molecule has 0 saturated heterocycles. The van der Waals surface area contributed by atoms with Gasteiger partial charge in [-0.2, -0.15) is 0 Å². The van der Waals surface area contributed by atoms with Crippen LogP contribution in [0.15, 0.2) is 18.2 Å². The Balaban J connectivity index is 2.73. The Morgan fingerprint density at radius 1 is 1.38 bits per heavy atom. The van der Waals surface area contributed by atoms with Gasteiger partial charge in [0.2, 0.25) is 5.91 Å². The molecule has 0 atom stereocenters. The number of amides is 1. The summed E-state index contributed by atoms with van der Waals surface area (Å²) in [6.07, 6.45) is 0.501. The summed E-state index contributed by atoms with van der Waals surface area (Å²) in [7, 11) is 0. The normalized spacial score (nSPS) is 11.2. The molecule has 0 aliphatic heterocycles. The molecule has 3 nitrogen and oxygen atoms in total. The standard InChI is InChI=1S/C13H20N2O/c1-9-5-6-10(14)7-11(9)15-12(16)8-13(2,3)4/h5-7H,8,14H2,1-4H3,(H,15,16). The lowest BCUT2D eigenvalue weighted by Gasteiger charge is -2.18. The zero-order chi connectivity index (χ0) is 12.3. The van der Waals surface area contributed by atoms with Crippen LogP contribution in [0.3, 0.4) is 0 Å². The number of hydrogen-bond donors (Lipinski definition) is 2. The molecule has 0 aliphatic rings. The van der Waals surface area contributed by atoms with Crippen LogP contribution >= 0.6 is 0 Å². The minimum absolute atomic E-state index is 0.00167. The summed E-state index contributed by atoms with van der Waals surface area (Å²) in [5.41, 5.74) is 8.17. The Hall–Kier alpha value is -1.51. The van der Waals surface area contributed by atoms with E-state index in [2.05, 4.69) is 5.32 Å². The molecule has 0 aliphatic carbocycles. The number of nitrogens with one attached hydrogen (secondary N) is 1. The van der Waals surface area contributed by atoms with Crippen LogP contribution < -0.4 is 11.1 Å². The van der Waals surface area contributed by atoms with Crippen LogP contribution in [0.25, 0.3) is 0 Å². The Bertz CT molecular complexity index is 391. The number of aryl methyl sites for hydroxylation is 1. The van der Waals surface area contributed by atoms with Crippen molar-refractivity contribution >= 4 is 17.3 Å². The fourth-order valence-corrected chi connectivity index (χ4v) is 1.45. The van der Waals surface area contributed by atoms with E-state index in [0.29, 0.717) is 12.1 Å². The number of anilines is 2. The third-order valence-electron chi connectivity index (χ3n) is 2.23. The molecule has 88 valence electrons. The second-order valence-corrected chi connectivity index (χ2v) is 5.36. The van der Waals surface area contributed by atoms with Crippen molar-refractivity contribution in [3.8, 4) is 0 Å². The second-order valence-electron chi connectivity index (χ2n) is 5.36. The maximum Gasteiger partial charge on any atom is 0.224 e. The summed E-state index contributed by atoms with van der Waals surface area (Å²) in [5, 5.41) is 2.89. The lowest BCUT2D eigenvalue weighted by Crippen LogP contribution is -2.20.